The summed E-state index contributed by atoms with van der Waals surface area (Å²) in [6, 6.07) is 6.85. The summed E-state index contributed by atoms with van der Waals surface area (Å²) in [5.41, 5.74) is 9.07. The van der Waals surface area contributed by atoms with E-state index in [1.54, 1.807) is 12.1 Å². The molecule has 3 aliphatic rings. The monoisotopic (exact) mass is 399 g/mol. The van der Waals surface area contributed by atoms with Gasteiger partial charge in [0.15, 0.2) is 23.0 Å². The SMILES string of the molecule is COc1cc([C@@H]2c3cc4c(cc3C(N)C3COC(=O)[C@@H]32)OCO4)cc(OC)c1O. The Kier molecular flexibility index (Phi) is 3.99. The van der Waals surface area contributed by atoms with Crippen molar-refractivity contribution in [2.75, 3.05) is 27.6 Å². The van der Waals surface area contributed by atoms with Gasteiger partial charge in [0.2, 0.25) is 12.5 Å². The van der Waals surface area contributed by atoms with Gasteiger partial charge in [-0.05, 0) is 41.0 Å². The van der Waals surface area contributed by atoms with E-state index in [0.717, 1.165) is 16.7 Å². The van der Waals surface area contributed by atoms with Crippen LogP contribution in [-0.2, 0) is 9.53 Å². The second-order valence-corrected chi connectivity index (χ2v) is 7.43. The third-order valence-corrected chi connectivity index (χ3v) is 6.11. The molecule has 0 aromatic heterocycles. The summed E-state index contributed by atoms with van der Waals surface area (Å²) in [6.07, 6.45) is 0. The third-order valence-electron chi connectivity index (χ3n) is 6.11. The summed E-state index contributed by atoms with van der Waals surface area (Å²) in [7, 11) is 2.93. The van der Waals surface area contributed by atoms with Gasteiger partial charge in [0.25, 0.3) is 0 Å². The highest BCUT2D eigenvalue weighted by molar-refractivity contribution is 5.79. The zero-order valence-electron chi connectivity index (χ0n) is 16.0. The summed E-state index contributed by atoms with van der Waals surface area (Å²) in [5, 5.41) is 10.3. The normalized spacial score (nSPS) is 26.5. The number of carbonyl (C=O) groups is 1. The van der Waals surface area contributed by atoms with Gasteiger partial charge in [0.05, 0.1) is 26.7 Å². The van der Waals surface area contributed by atoms with Gasteiger partial charge in [0, 0.05) is 17.9 Å². The van der Waals surface area contributed by atoms with Gasteiger partial charge in [-0.25, -0.2) is 0 Å². The smallest absolute Gasteiger partial charge is 0.310 e. The first-order valence-electron chi connectivity index (χ1n) is 9.34. The summed E-state index contributed by atoms with van der Waals surface area (Å²) >= 11 is 0. The molecule has 29 heavy (non-hydrogen) atoms. The Bertz CT molecular complexity index is 980. The van der Waals surface area contributed by atoms with Crippen LogP contribution in [0.5, 0.6) is 28.7 Å². The number of cyclic esters (lactones) is 1. The minimum absolute atomic E-state index is 0.0947. The Balaban J connectivity index is 1.75. The predicted octanol–water partition coefficient (Wildman–Crippen LogP) is 2.07. The molecule has 0 radical (unpaired) electrons. The van der Waals surface area contributed by atoms with Crippen molar-refractivity contribution in [3.05, 3.63) is 41.0 Å². The Morgan fingerprint density at radius 2 is 1.62 bits per heavy atom. The van der Waals surface area contributed by atoms with Crippen molar-refractivity contribution in [1.29, 1.82) is 0 Å². The number of esters is 1. The molecule has 1 saturated heterocycles. The van der Waals surface area contributed by atoms with Crippen LogP contribution < -0.4 is 24.7 Å². The van der Waals surface area contributed by atoms with E-state index in [1.165, 1.54) is 14.2 Å². The van der Waals surface area contributed by atoms with Gasteiger partial charge >= 0.3 is 5.97 Å². The van der Waals surface area contributed by atoms with Gasteiger partial charge in [-0.1, -0.05) is 0 Å². The number of rotatable bonds is 3. The van der Waals surface area contributed by atoms with E-state index in [-0.39, 0.29) is 54.5 Å². The van der Waals surface area contributed by atoms with Crippen molar-refractivity contribution in [3.8, 4) is 28.7 Å². The van der Waals surface area contributed by atoms with Crippen molar-refractivity contribution in [1.82, 2.24) is 0 Å². The molecule has 8 heteroatoms. The first kappa shape index (κ1) is 17.9. The average Bonchev–Trinajstić information content (AvgIpc) is 3.34. The summed E-state index contributed by atoms with van der Waals surface area (Å²) in [4.78, 5) is 12.7. The van der Waals surface area contributed by atoms with E-state index in [4.69, 9.17) is 29.4 Å². The van der Waals surface area contributed by atoms with Crippen molar-refractivity contribution in [3.63, 3.8) is 0 Å². The van der Waals surface area contributed by atoms with Crippen LogP contribution in [0.15, 0.2) is 24.3 Å². The van der Waals surface area contributed by atoms with Crippen molar-refractivity contribution in [2.24, 2.45) is 17.6 Å². The lowest BCUT2D eigenvalue weighted by Crippen LogP contribution is -2.38. The summed E-state index contributed by atoms with van der Waals surface area (Å²) in [6.45, 7) is 0.412. The summed E-state index contributed by atoms with van der Waals surface area (Å²) < 4.78 is 27.1. The Labute approximate surface area is 167 Å². The molecule has 152 valence electrons. The van der Waals surface area contributed by atoms with E-state index in [2.05, 4.69) is 0 Å². The van der Waals surface area contributed by atoms with E-state index in [1.807, 2.05) is 12.1 Å². The fraction of sp³-hybridized carbons (Fsp3) is 0.381. The average molecular weight is 399 g/mol. The zero-order valence-corrected chi connectivity index (χ0v) is 16.0. The number of hydrogen-bond donors (Lipinski definition) is 2. The number of carbonyl (C=O) groups excluding carboxylic acids is 1. The van der Waals surface area contributed by atoms with Gasteiger partial charge in [-0.2, -0.15) is 0 Å². The first-order valence-corrected chi connectivity index (χ1v) is 9.34. The van der Waals surface area contributed by atoms with Gasteiger partial charge in [-0.3, -0.25) is 4.79 Å². The van der Waals surface area contributed by atoms with Crippen molar-refractivity contribution < 1.29 is 33.6 Å². The van der Waals surface area contributed by atoms with Crippen LogP contribution in [0, 0.1) is 11.8 Å². The number of hydrogen-bond acceptors (Lipinski definition) is 8. The molecule has 0 amide bonds. The maximum Gasteiger partial charge on any atom is 0.310 e. The van der Waals surface area contributed by atoms with E-state index in [0.29, 0.717) is 11.5 Å². The lowest BCUT2D eigenvalue weighted by atomic mass is 9.65. The number of methoxy groups -OCH3 is 2. The Hall–Kier alpha value is -3.13. The number of fused-ring (bicyclic) bond motifs is 3. The molecule has 2 aliphatic heterocycles. The quantitative estimate of drug-likeness (QED) is 0.755. The number of nitrogens with two attached hydrogens (primary N) is 1. The minimum Gasteiger partial charge on any atom is -0.502 e. The van der Waals surface area contributed by atoms with Gasteiger partial charge < -0.3 is 34.5 Å². The molecule has 1 fully saturated rings. The second-order valence-electron chi connectivity index (χ2n) is 7.43. The highest BCUT2D eigenvalue weighted by Gasteiger charge is 2.51. The zero-order chi connectivity index (χ0) is 20.3. The second kappa shape index (κ2) is 6.45. The topological polar surface area (TPSA) is 109 Å². The van der Waals surface area contributed by atoms with Gasteiger partial charge in [0.1, 0.15) is 0 Å². The lowest BCUT2D eigenvalue weighted by molar-refractivity contribution is -0.141. The fourth-order valence-corrected chi connectivity index (χ4v) is 4.70. The van der Waals surface area contributed by atoms with E-state index in [9.17, 15) is 9.90 Å². The van der Waals surface area contributed by atoms with Crippen LogP contribution in [0.3, 0.4) is 0 Å². The Morgan fingerprint density at radius 1 is 1.00 bits per heavy atom. The molecule has 1 aliphatic carbocycles. The third kappa shape index (κ3) is 2.52. The molecule has 2 aromatic rings. The molecule has 0 spiro atoms. The minimum atomic E-state index is -0.461. The van der Waals surface area contributed by atoms with Crippen LogP contribution in [0.4, 0.5) is 0 Å². The molecule has 5 rings (SSSR count). The molecular formula is C21H21NO7. The van der Waals surface area contributed by atoms with Crippen LogP contribution >= 0.6 is 0 Å². The van der Waals surface area contributed by atoms with E-state index >= 15 is 0 Å². The van der Waals surface area contributed by atoms with Gasteiger partial charge in [-0.15, -0.1) is 0 Å². The number of benzene rings is 2. The molecule has 2 heterocycles. The molecule has 4 atom stereocenters. The maximum atomic E-state index is 12.7. The van der Waals surface area contributed by atoms with Crippen LogP contribution in [-0.4, -0.2) is 38.7 Å². The van der Waals surface area contributed by atoms with Crippen LogP contribution in [0.25, 0.3) is 0 Å². The largest absolute Gasteiger partial charge is 0.502 e. The molecule has 8 nitrogen and oxygen atoms in total. The van der Waals surface area contributed by atoms with Crippen molar-refractivity contribution in [2.45, 2.75) is 12.0 Å². The molecule has 2 unspecified atom stereocenters. The number of ether oxygens (including phenoxy) is 5. The van der Waals surface area contributed by atoms with Crippen LogP contribution in [0.1, 0.15) is 28.7 Å². The molecule has 2 aromatic carbocycles. The molecule has 0 saturated carbocycles. The molecule has 0 bridgehead atoms. The van der Waals surface area contributed by atoms with E-state index < -0.39 is 5.92 Å². The fourth-order valence-electron chi connectivity index (χ4n) is 4.70. The number of phenolic OH excluding ortho intramolecular Hbond substituents is 1. The van der Waals surface area contributed by atoms with Crippen molar-refractivity contribution >= 4 is 5.97 Å². The highest BCUT2D eigenvalue weighted by Crippen LogP contribution is 2.54. The highest BCUT2D eigenvalue weighted by atomic mass is 16.7. The predicted molar refractivity (Wildman–Crippen MR) is 100 cm³/mol. The first-order chi connectivity index (χ1) is 14.0. The standard InChI is InChI=1S/C21H21NO7/c1-25-15-3-9(4-16(26-2)20(15)23)17-10-5-13-14(29-8-28-13)6-11(10)19(22)12-7-27-21(24)18(12)17/h3-6,12,17-19,23H,7-8,22H2,1-2H3/t12?,17-,18+,19?/m1/s1. The summed E-state index contributed by atoms with van der Waals surface area (Å²) in [5.74, 6) is 0.406. The number of phenols is 1. The molecule has 3 N–H and O–H groups in total. The molecular weight excluding hydrogens is 378 g/mol. The lowest BCUT2D eigenvalue weighted by Gasteiger charge is -2.37. The Morgan fingerprint density at radius 3 is 2.24 bits per heavy atom. The number of aromatic hydroxyl groups is 1. The van der Waals surface area contributed by atoms with Crippen LogP contribution in [0.2, 0.25) is 0 Å². The maximum absolute atomic E-state index is 12.7.